The van der Waals surface area contributed by atoms with Gasteiger partial charge in [-0.15, -0.1) is 0 Å². The fourth-order valence-corrected chi connectivity index (χ4v) is 2.37. The predicted octanol–water partition coefficient (Wildman–Crippen LogP) is 0.889. The fourth-order valence-electron chi connectivity index (χ4n) is 2.37. The summed E-state index contributed by atoms with van der Waals surface area (Å²) in [5, 5.41) is 3.24. The number of piperazine rings is 1. The molecule has 24 heavy (non-hydrogen) atoms. The quantitative estimate of drug-likeness (QED) is 0.821. The molecule has 0 unspecified atom stereocenters. The summed E-state index contributed by atoms with van der Waals surface area (Å²) < 4.78 is 6.61. The second kappa shape index (κ2) is 7.76. The van der Waals surface area contributed by atoms with Crippen LogP contribution in [0.1, 0.15) is 22.1 Å². The molecule has 1 aromatic heterocycles. The molecular formula is C17H20N3O4+. The summed E-state index contributed by atoms with van der Waals surface area (Å²) in [4.78, 5) is 31.4. The van der Waals surface area contributed by atoms with Gasteiger partial charge in [-0.3, -0.25) is 4.90 Å². The summed E-state index contributed by atoms with van der Waals surface area (Å²) >= 11 is 0. The van der Waals surface area contributed by atoms with Crippen molar-refractivity contribution in [2.45, 2.75) is 0 Å². The number of ether oxygens (including phenoxy) is 1. The van der Waals surface area contributed by atoms with E-state index in [-0.39, 0.29) is 8.16 Å². The zero-order valence-electron chi connectivity index (χ0n) is 14.2. The molecule has 3 rings (SSSR count). The van der Waals surface area contributed by atoms with Gasteiger partial charge in [0.2, 0.25) is 0 Å². The summed E-state index contributed by atoms with van der Waals surface area (Å²) in [5.41, 5.74) is 0.618. The van der Waals surface area contributed by atoms with Crippen LogP contribution in [0.3, 0.4) is 0 Å². The lowest BCUT2D eigenvalue weighted by atomic mass is 10.1. The first-order chi connectivity index (χ1) is 11.7. The van der Waals surface area contributed by atoms with E-state index >= 15 is 0 Å². The third-order valence-electron chi connectivity index (χ3n) is 3.69. The Kier molecular flexibility index (Phi) is 5.25. The van der Waals surface area contributed by atoms with Gasteiger partial charge in [0.1, 0.15) is 6.73 Å². The van der Waals surface area contributed by atoms with Crippen molar-refractivity contribution in [2.75, 3.05) is 32.9 Å². The van der Waals surface area contributed by atoms with E-state index < -0.39 is 11.9 Å². The summed E-state index contributed by atoms with van der Waals surface area (Å²) in [5.74, 6) is -0.993. The first kappa shape index (κ1) is 16.2. The van der Waals surface area contributed by atoms with Crippen molar-refractivity contribution in [3.8, 4) is 0 Å². The molecule has 1 fully saturated rings. The van der Waals surface area contributed by atoms with Gasteiger partial charge in [0.25, 0.3) is 0 Å². The van der Waals surface area contributed by atoms with Crippen LogP contribution < -0.4 is 10.2 Å². The third kappa shape index (κ3) is 4.21. The number of carbonyl (C=O) groups is 2. The van der Waals surface area contributed by atoms with Crippen LogP contribution in [0.25, 0.3) is 0 Å². The van der Waals surface area contributed by atoms with E-state index in [1.54, 1.807) is 42.7 Å². The molecule has 7 heteroatoms. The maximum atomic E-state index is 12.2. The Morgan fingerprint density at radius 1 is 1.04 bits per heavy atom. The third-order valence-corrected chi connectivity index (χ3v) is 3.69. The van der Waals surface area contributed by atoms with Gasteiger partial charge < -0.3 is 14.9 Å². The Labute approximate surface area is 141 Å². The normalized spacial score (nSPS) is 15.0. The van der Waals surface area contributed by atoms with E-state index in [0.29, 0.717) is 11.1 Å². The van der Waals surface area contributed by atoms with Crippen LogP contribution in [0.2, 0.25) is 0 Å². The first-order valence-corrected chi connectivity index (χ1v) is 7.78. The lowest BCUT2D eigenvalue weighted by molar-refractivity contribution is 0.0188. The Morgan fingerprint density at radius 3 is 2.42 bits per heavy atom. The molecule has 1 aliphatic heterocycles. The molecule has 1 N–H and O–H groups in total. The molecule has 2 aromatic rings. The topological polar surface area (TPSA) is 72.8 Å². The van der Waals surface area contributed by atoms with Gasteiger partial charge in [-0.1, -0.05) is 6.07 Å². The summed E-state index contributed by atoms with van der Waals surface area (Å²) in [6.45, 7) is 3.71. The van der Waals surface area contributed by atoms with Crippen LogP contribution in [0.5, 0.6) is 0 Å². The number of rotatable bonds is 5. The number of esters is 1. The summed E-state index contributed by atoms with van der Waals surface area (Å²) in [6.07, 6.45) is 3.23. The van der Waals surface area contributed by atoms with E-state index in [1.165, 1.54) is 10.8 Å². The molecule has 0 atom stereocenters. The van der Waals surface area contributed by atoms with Crippen LogP contribution in [0, 0.1) is 0 Å². The lowest BCUT2D eigenvalue weighted by Gasteiger charge is -2.26. The van der Waals surface area contributed by atoms with Crippen LogP contribution >= 0.6 is 0 Å². The van der Waals surface area contributed by atoms with Gasteiger partial charge >= 0.3 is 13.4 Å². The van der Waals surface area contributed by atoms with Crippen molar-refractivity contribution in [2.24, 2.45) is 0 Å². The van der Waals surface area contributed by atoms with Crippen LogP contribution in [-0.4, -0.2) is 54.5 Å². The lowest BCUT2D eigenvalue weighted by Crippen LogP contribution is -2.44. The molecule has 0 amide bonds. The molecule has 0 bridgehead atoms. The number of hydrogen-bond acceptors (Lipinski definition) is 6. The minimum atomic E-state index is -0.539. The van der Waals surface area contributed by atoms with Gasteiger partial charge in [-0.25, -0.2) is 9.59 Å². The maximum absolute atomic E-state index is 12.2. The second-order valence-electron chi connectivity index (χ2n) is 5.43. The van der Waals surface area contributed by atoms with Crippen LogP contribution in [0.15, 0.2) is 48.8 Å². The molecule has 2 heterocycles. The molecule has 7 nitrogen and oxygen atoms in total. The minimum Gasteiger partial charge on any atom is -0.446 e. The van der Waals surface area contributed by atoms with Gasteiger partial charge in [0, 0.05) is 38.6 Å². The standard InChI is InChI=1S/C17H19N3O4/c21-16(23-13-19-10-6-18-7-11-19)14-4-3-5-15(12-14)17(22)24-20-8-1-2-9-20/h1-5,8-9,12,18H,6-7,10-11,13H2/p+1. The van der Waals surface area contributed by atoms with Crippen molar-refractivity contribution >= 4 is 11.9 Å². The van der Waals surface area contributed by atoms with Gasteiger partial charge in [0.05, 0.1) is 11.1 Å². The number of aromatic nitrogens is 1. The van der Waals surface area contributed by atoms with E-state index in [2.05, 4.69) is 10.2 Å². The Hall–Kier alpha value is -2.64. The number of nitrogens with zero attached hydrogens (tertiary/aromatic N) is 2. The average Bonchev–Trinajstić information content (AvgIpc) is 3.13. The van der Waals surface area contributed by atoms with Crippen molar-refractivity contribution in [1.29, 1.82) is 0 Å². The average molecular weight is 330 g/mol. The molecule has 0 radical (unpaired) electrons. The van der Waals surface area contributed by atoms with Crippen molar-refractivity contribution in [1.82, 2.24) is 14.9 Å². The molecule has 1 aromatic carbocycles. The van der Waals surface area contributed by atoms with Crippen LogP contribution in [-0.2, 0) is 4.74 Å². The Bertz CT molecular complexity index is 700. The highest BCUT2D eigenvalue weighted by molar-refractivity contribution is 5.95. The number of nitrogens with one attached hydrogen (secondary N) is 1. The smallest absolute Gasteiger partial charge is 0.446 e. The molecule has 126 valence electrons. The largest absolute Gasteiger partial charge is 1.00 e. The molecule has 1 saturated heterocycles. The second-order valence-corrected chi connectivity index (χ2v) is 5.43. The molecule has 0 aliphatic carbocycles. The van der Waals surface area contributed by atoms with E-state index in [4.69, 9.17) is 9.57 Å². The summed E-state index contributed by atoms with van der Waals surface area (Å²) in [7, 11) is 0. The van der Waals surface area contributed by atoms with Gasteiger partial charge in [-0.2, -0.15) is 4.73 Å². The fraction of sp³-hybridized carbons (Fsp3) is 0.294. The highest BCUT2D eigenvalue weighted by Gasteiger charge is 2.15. The van der Waals surface area contributed by atoms with Crippen molar-refractivity contribution in [3.05, 3.63) is 59.9 Å². The minimum absolute atomic E-state index is 0. The Morgan fingerprint density at radius 2 is 1.71 bits per heavy atom. The SMILES string of the molecule is O=C(OCN1CCNCC1)c1cccc(C(=O)On2cccc2)c1.[H+]. The van der Waals surface area contributed by atoms with E-state index in [1.807, 2.05) is 0 Å². The first-order valence-electron chi connectivity index (χ1n) is 7.78. The summed E-state index contributed by atoms with van der Waals surface area (Å²) in [6, 6.07) is 9.82. The maximum Gasteiger partial charge on any atom is 1.00 e. The molecule has 0 spiro atoms. The molecule has 0 saturated carbocycles. The zero-order chi connectivity index (χ0) is 16.8. The van der Waals surface area contributed by atoms with Crippen molar-refractivity contribution in [3.63, 3.8) is 0 Å². The number of carbonyl (C=O) groups excluding carboxylic acids is 2. The molecular weight excluding hydrogens is 310 g/mol. The van der Waals surface area contributed by atoms with Crippen molar-refractivity contribution < 1.29 is 20.6 Å². The highest BCUT2D eigenvalue weighted by Crippen LogP contribution is 2.08. The van der Waals surface area contributed by atoms with E-state index in [9.17, 15) is 9.59 Å². The van der Waals surface area contributed by atoms with Gasteiger partial charge in [-0.05, 0) is 30.3 Å². The predicted molar refractivity (Wildman–Crippen MR) is 87.6 cm³/mol. The Balaban J connectivity index is 0.00000225. The number of hydrogen-bond donors (Lipinski definition) is 1. The highest BCUT2D eigenvalue weighted by atomic mass is 16.7. The zero-order valence-corrected chi connectivity index (χ0v) is 13.2. The van der Waals surface area contributed by atoms with Gasteiger partial charge in [0.15, 0.2) is 0 Å². The van der Waals surface area contributed by atoms with E-state index in [0.717, 1.165) is 26.2 Å². The molecule has 1 aliphatic rings. The number of benzene rings is 1. The monoisotopic (exact) mass is 330 g/mol. The van der Waals surface area contributed by atoms with Crippen LogP contribution in [0.4, 0.5) is 0 Å².